The number of para-hydroxylation sites is 1. The maximum Gasteiger partial charge on any atom is 0.145 e. The number of nitrogens with two attached hydrogens (primary N) is 2. The first kappa shape index (κ1) is 10.9. The van der Waals surface area contributed by atoms with Crippen LogP contribution in [0.5, 0.6) is 5.75 Å². The lowest BCUT2D eigenvalue weighted by atomic mass is 9.84. The maximum atomic E-state index is 5.82. The molecule has 1 rings (SSSR count). The topological polar surface area (TPSA) is 61.3 Å². The van der Waals surface area contributed by atoms with Crippen molar-refractivity contribution in [2.24, 2.45) is 5.73 Å². The zero-order valence-electron chi connectivity index (χ0n) is 9.00. The number of hydrogen-bond donors (Lipinski definition) is 2. The smallest absolute Gasteiger partial charge is 0.145 e. The van der Waals surface area contributed by atoms with Crippen molar-refractivity contribution in [2.45, 2.75) is 19.3 Å². The lowest BCUT2D eigenvalue weighted by molar-refractivity contribution is 0.396. The van der Waals surface area contributed by atoms with Crippen LogP contribution in [-0.4, -0.2) is 13.7 Å². The Bertz CT molecular complexity index is 321. The SMILES string of the molecule is COc1c(N)cccc1C(C)(C)CN. The number of rotatable bonds is 3. The molecule has 0 aliphatic carbocycles. The molecule has 0 atom stereocenters. The van der Waals surface area contributed by atoms with Crippen LogP contribution in [-0.2, 0) is 5.41 Å². The molecule has 4 N–H and O–H groups in total. The molecular weight excluding hydrogens is 176 g/mol. The molecule has 78 valence electrons. The lowest BCUT2D eigenvalue weighted by Crippen LogP contribution is -2.28. The van der Waals surface area contributed by atoms with Crippen LogP contribution in [0.1, 0.15) is 19.4 Å². The van der Waals surface area contributed by atoms with Gasteiger partial charge in [-0.15, -0.1) is 0 Å². The van der Waals surface area contributed by atoms with Gasteiger partial charge in [-0.1, -0.05) is 26.0 Å². The first-order valence-electron chi connectivity index (χ1n) is 4.66. The van der Waals surface area contributed by atoms with Crippen molar-refractivity contribution < 1.29 is 4.74 Å². The third kappa shape index (κ3) is 1.82. The van der Waals surface area contributed by atoms with Crippen molar-refractivity contribution in [2.75, 3.05) is 19.4 Å². The predicted octanol–water partition coefficient (Wildman–Crippen LogP) is 1.51. The fourth-order valence-corrected chi connectivity index (χ4v) is 1.43. The molecule has 0 unspecified atom stereocenters. The maximum absolute atomic E-state index is 5.82. The lowest BCUT2D eigenvalue weighted by Gasteiger charge is -2.25. The van der Waals surface area contributed by atoms with E-state index in [9.17, 15) is 0 Å². The van der Waals surface area contributed by atoms with Crippen LogP contribution in [0.25, 0.3) is 0 Å². The van der Waals surface area contributed by atoms with Gasteiger partial charge >= 0.3 is 0 Å². The van der Waals surface area contributed by atoms with E-state index in [-0.39, 0.29) is 5.41 Å². The second-order valence-corrected chi connectivity index (χ2v) is 4.02. The summed E-state index contributed by atoms with van der Waals surface area (Å²) in [6, 6.07) is 5.75. The number of hydrogen-bond acceptors (Lipinski definition) is 3. The van der Waals surface area contributed by atoms with Crippen molar-refractivity contribution >= 4 is 5.69 Å². The molecule has 1 aromatic rings. The number of ether oxygens (including phenoxy) is 1. The number of benzene rings is 1. The minimum absolute atomic E-state index is 0.110. The van der Waals surface area contributed by atoms with Gasteiger partial charge in [-0.2, -0.15) is 0 Å². The van der Waals surface area contributed by atoms with E-state index in [1.54, 1.807) is 7.11 Å². The van der Waals surface area contributed by atoms with Crippen LogP contribution in [0.15, 0.2) is 18.2 Å². The summed E-state index contributed by atoms with van der Waals surface area (Å²) < 4.78 is 5.28. The van der Waals surface area contributed by atoms with Gasteiger partial charge in [0.15, 0.2) is 0 Å². The Morgan fingerprint density at radius 2 is 2.00 bits per heavy atom. The summed E-state index contributed by atoms with van der Waals surface area (Å²) in [5.41, 5.74) is 13.1. The summed E-state index contributed by atoms with van der Waals surface area (Å²) in [4.78, 5) is 0. The minimum Gasteiger partial charge on any atom is -0.494 e. The van der Waals surface area contributed by atoms with E-state index >= 15 is 0 Å². The average molecular weight is 194 g/mol. The van der Waals surface area contributed by atoms with Crippen LogP contribution >= 0.6 is 0 Å². The largest absolute Gasteiger partial charge is 0.494 e. The summed E-state index contributed by atoms with van der Waals surface area (Å²) in [5, 5.41) is 0. The summed E-state index contributed by atoms with van der Waals surface area (Å²) in [5.74, 6) is 0.739. The quantitative estimate of drug-likeness (QED) is 0.717. The van der Waals surface area contributed by atoms with E-state index in [0.29, 0.717) is 12.2 Å². The first-order chi connectivity index (χ1) is 6.53. The second-order valence-electron chi connectivity index (χ2n) is 4.02. The van der Waals surface area contributed by atoms with E-state index in [2.05, 4.69) is 13.8 Å². The molecule has 0 aliphatic rings. The van der Waals surface area contributed by atoms with Crippen molar-refractivity contribution in [1.29, 1.82) is 0 Å². The highest BCUT2D eigenvalue weighted by atomic mass is 16.5. The molecular formula is C11H18N2O. The van der Waals surface area contributed by atoms with Crippen molar-refractivity contribution in [3.63, 3.8) is 0 Å². The van der Waals surface area contributed by atoms with Crippen molar-refractivity contribution in [1.82, 2.24) is 0 Å². The molecule has 3 nitrogen and oxygen atoms in total. The predicted molar refractivity (Wildman–Crippen MR) is 59.5 cm³/mol. The van der Waals surface area contributed by atoms with Crippen molar-refractivity contribution in [3.8, 4) is 5.75 Å². The molecule has 14 heavy (non-hydrogen) atoms. The number of nitrogen functional groups attached to an aromatic ring is 1. The van der Waals surface area contributed by atoms with E-state index in [1.807, 2.05) is 18.2 Å². The molecule has 0 aromatic heterocycles. The molecule has 0 fully saturated rings. The van der Waals surface area contributed by atoms with Crippen LogP contribution in [0.3, 0.4) is 0 Å². The van der Waals surface area contributed by atoms with Gasteiger partial charge in [0, 0.05) is 17.5 Å². The molecule has 1 aromatic carbocycles. The van der Waals surface area contributed by atoms with Gasteiger partial charge in [0.2, 0.25) is 0 Å². The molecule has 0 bridgehead atoms. The third-order valence-electron chi connectivity index (χ3n) is 2.49. The third-order valence-corrected chi connectivity index (χ3v) is 2.49. The average Bonchev–Trinajstić information content (AvgIpc) is 2.17. The summed E-state index contributed by atoms with van der Waals surface area (Å²) in [7, 11) is 1.63. The monoisotopic (exact) mass is 194 g/mol. The molecule has 0 aliphatic heterocycles. The normalized spacial score (nSPS) is 11.4. The molecule has 0 saturated carbocycles. The van der Waals surface area contributed by atoms with Gasteiger partial charge in [0.1, 0.15) is 5.75 Å². The van der Waals surface area contributed by atoms with E-state index < -0.39 is 0 Å². The molecule has 0 radical (unpaired) electrons. The number of anilines is 1. The Hall–Kier alpha value is -1.22. The highest BCUT2D eigenvalue weighted by molar-refractivity contribution is 5.58. The van der Waals surface area contributed by atoms with E-state index in [1.165, 1.54) is 0 Å². The standard InChI is InChI=1S/C11H18N2O/c1-11(2,7-12)8-5-4-6-9(13)10(8)14-3/h4-6H,7,12-13H2,1-3H3. The van der Waals surface area contributed by atoms with Gasteiger partial charge in [0.05, 0.1) is 12.8 Å². The Labute approximate surface area is 85.0 Å². The Kier molecular flexibility index (Phi) is 3.01. The van der Waals surface area contributed by atoms with E-state index in [0.717, 1.165) is 11.3 Å². The fourth-order valence-electron chi connectivity index (χ4n) is 1.43. The van der Waals surface area contributed by atoms with Crippen LogP contribution in [0, 0.1) is 0 Å². The molecule has 0 heterocycles. The van der Waals surface area contributed by atoms with Gasteiger partial charge in [0.25, 0.3) is 0 Å². The Morgan fingerprint density at radius 1 is 1.36 bits per heavy atom. The highest BCUT2D eigenvalue weighted by Gasteiger charge is 2.23. The zero-order chi connectivity index (χ0) is 10.8. The van der Waals surface area contributed by atoms with Crippen LogP contribution in [0.4, 0.5) is 5.69 Å². The van der Waals surface area contributed by atoms with E-state index in [4.69, 9.17) is 16.2 Å². The minimum atomic E-state index is -0.110. The van der Waals surface area contributed by atoms with Gasteiger partial charge in [-0.3, -0.25) is 0 Å². The number of methoxy groups -OCH3 is 1. The molecule has 0 amide bonds. The summed E-state index contributed by atoms with van der Waals surface area (Å²) in [6.07, 6.45) is 0. The molecule has 3 heteroatoms. The second kappa shape index (κ2) is 3.88. The first-order valence-corrected chi connectivity index (χ1v) is 4.66. The molecule has 0 spiro atoms. The Morgan fingerprint density at radius 3 is 2.50 bits per heavy atom. The van der Waals surface area contributed by atoms with Gasteiger partial charge < -0.3 is 16.2 Å². The van der Waals surface area contributed by atoms with Gasteiger partial charge in [-0.25, -0.2) is 0 Å². The summed E-state index contributed by atoms with van der Waals surface area (Å²) in [6.45, 7) is 4.71. The summed E-state index contributed by atoms with van der Waals surface area (Å²) >= 11 is 0. The Balaban J connectivity index is 3.27. The van der Waals surface area contributed by atoms with Crippen LogP contribution < -0.4 is 16.2 Å². The van der Waals surface area contributed by atoms with Gasteiger partial charge in [-0.05, 0) is 6.07 Å². The fraction of sp³-hybridized carbons (Fsp3) is 0.455. The molecule has 0 saturated heterocycles. The zero-order valence-corrected chi connectivity index (χ0v) is 9.00. The van der Waals surface area contributed by atoms with Crippen LogP contribution in [0.2, 0.25) is 0 Å². The van der Waals surface area contributed by atoms with Crippen molar-refractivity contribution in [3.05, 3.63) is 23.8 Å². The highest BCUT2D eigenvalue weighted by Crippen LogP contribution is 2.34.